The molecule has 3 aromatic rings. The number of aromatic nitrogens is 2. The first-order valence-electron chi connectivity index (χ1n) is 7.52. The fraction of sp³-hybridized carbons (Fsp3) is 0.222. The van der Waals surface area contributed by atoms with E-state index in [1.165, 1.54) is 17.3 Å². The molecule has 1 unspecified atom stereocenters. The number of amides is 1. The molecule has 1 amide bonds. The first-order valence-corrected chi connectivity index (χ1v) is 8.40. The lowest BCUT2D eigenvalue weighted by molar-refractivity contribution is -0.115. The Kier molecular flexibility index (Phi) is 4.39. The van der Waals surface area contributed by atoms with Crippen LogP contribution in [0.4, 0.5) is 5.69 Å². The molecule has 2 aromatic carbocycles. The number of H-pyrrole nitrogens is 1. The molecular formula is C18H19N3OS. The molecular weight excluding hydrogens is 306 g/mol. The smallest absolute Gasteiger partial charge is 0.237 e. The van der Waals surface area contributed by atoms with Gasteiger partial charge in [-0.1, -0.05) is 41.6 Å². The van der Waals surface area contributed by atoms with E-state index in [2.05, 4.69) is 21.4 Å². The van der Waals surface area contributed by atoms with Crippen molar-refractivity contribution in [3.05, 3.63) is 53.6 Å². The average molecular weight is 325 g/mol. The Morgan fingerprint density at radius 1 is 1.22 bits per heavy atom. The summed E-state index contributed by atoms with van der Waals surface area (Å²) >= 11 is 1.43. The summed E-state index contributed by atoms with van der Waals surface area (Å²) in [6.45, 7) is 5.93. The molecule has 0 fully saturated rings. The van der Waals surface area contributed by atoms with E-state index < -0.39 is 0 Å². The Labute approximate surface area is 139 Å². The number of para-hydroxylation sites is 2. The number of nitrogens with one attached hydrogen (secondary N) is 2. The number of rotatable bonds is 4. The fourth-order valence-electron chi connectivity index (χ4n) is 2.39. The van der Waals surface area contributed by atoms with E-state index in [0.29, 0.717) is 0 Å². The van der Waals surface area contributed by atoms with E-state index in [-0.39, 0.29) is 11.2 Å². The van der Waals surface area contributed by atoms with Crippen LogP contribution in [0.1, 0.15) is 18.1 Å². The topological polar surface area (TPSA) is 57.8 Å². The average Bonchev–Trinajstić information content (AvgIpc) is 2.92. The summed E-state index contributed by atoms with van der Waals surface area (Å²) in [5.74, 6) is -0.0255. The quantitative estimate of drug-likeness (QED) is 0.703. The minimum absolute atomic E-state index is 0.0255. The molecule has 3 rings (SSSR count). The highest BCUT2D eigenvalue weighted by Crippen LogP contribution is 2.25. The van der Waals surface area contributed by atoms with Crippen molar-refractivity contribution in [1.29, 1.82) is 0 Å². The zero-order chi connectivity index (χ0) is 16.4. The second-order valence-corrected chi connectivity index (χ2v) is 6.96. The summed E-state index contributed by atoms with van der Waals surface area (Å²) in [5.41, 5.74) is 5.01. The summed E-state index contributed by atoms with van der Waals surface area (Å²) in [6, 6.07) is 13.9. The molecule has 1 aromatic heterocycles. The van der Waals surface area contributed by atoms with Crippen molar-refractivity contribution in [3.8, 4) is 0 Å². The number of benzene rings is 2. The molecule has 0 aliphatic rings. The second kappa shape index (κ2) is 6.46. The number of hydrogen-bond donors (Lipinski definition) is 2. The van der Waals surface area contributed by atoms with Crippen LogP contribution in [-0.2, 0) is 4.79 Å². The summed E-state index contributed by atoms with van der Waals surface area (Å²) in [7, 11) is 0. The third-order valence-corrected chi connectivity index (χ3v) is 4.65. The van der Waals surface area contributed by atoms with Crippen molar-refractivity contribution in [2.24, 2.45) is 0 Å². The maximum atomic E-state index is 12.4. The van der Waals surface area contributed by atoms with Crippen LogP contribution in [-0.4, -0.2) is 21.1 Å². The number of nitrogens with zero attached hydrogens (tertiary/aromatic N) is 1. The maximum Gasteiger partial charge on any atom is 0.237 e. The number of thioether (sulfide) groups is 1. The van der Waals surface area contributed by atoms with E-state index >= 15 is 0 Å². The highest BCUT2D eigenvalue weighted by atomic mass is 32.2. The lowest BCUT2D eigenvalue weighted by Gasteiger charge is -2.12. The minimum atomic E-state index is -0.240. The fourth-order valence-corrected chi connectivity index (χ4v) is 3.22. The number of carbonyl (C=O) groups is 1. The monoisotopic (exact) mass is 325 g/mol. The zero-order valence-electron chi connectivity index (χ0n) is 13.4. The Morgan fingerprint density at radius 3 is 2.74 bits per heavy atom. The number of fused-ring (bicyclic) bond motifs is 1. The Balaban J connectivity index is 1.69. The van der Waals surface area contributed by atoms with Crippen molar-refractivity contribution in [2.45, 2.75) is 31.2 Å². The summed E-state index contributed by atoms with van der Waals surface area (Å²) in [6.07, 6.45) is 0. The van der Waals surface area contributed by atoms with Crippen molar-refractivity contribution in [3.63, 3.8) is 0 Å². The molecule has 5 heteroatoms. The second-order valence-electron chi connectivity index (χ2n) is 5.63. The third kappa shape index (κ3) is 3.56. The molecule has 1 heterocycles. The molecule has 4 nitrogen and oxygen atoms in total. The Morgan fingerprint density at radius 2 is 2.00 bits per heavy atom. The standard InChI is InChI=1S/C18H19N3OS/c1-11-8-9-14(12(2)10-11)19-17(22)13(3)23-18-20-15-6-4-5-7-16(15)21-18/h4-10,13H,1-3H3,(H,19,22)(H,20,21). The molecule has 2 N–H and O–H groups in total. The van der Waals surface area contributed by atoms with E-state index in [0.717, 1.165) is 27.4 Å². The molecule has 0 aliphatic carbocycles. The molecule has 0 saturated heterocycles. The maximum absolute atomic E-state index is 12.4. The number of imidazole rings is 1. The van der Waals surface area contributed by atoms with Gasteiger partial charge in [-0.2, -0.15) is 0 Å². The highest BCUT2D eigenvalue weighted by Gasteiger charge is 2.17. The van der Waals surface area contributed by atoms with Gasteiger partial charge >= 0.3 is 0 Å². The van der Waals surface area contributed by atoms with Gasteiger partial charge < -0.3 is 10.3 Å². The third-order valence-electron chi connectivity index (χ3n) is 3.67. The van der Waals surface area contributed by atoms with Crippen LogP contribution < -0.4 is 5.32 Å². The van der Waals surface area contributed by atoms with E-state index in [1.807, 2.05) is 57.2 Å². The van der Waals surface area contributed by atoms with Gasteiger partial charge in [0.05, 0.1) is 16.3 Å². The van der Waals surface area contributed by atoms with Gasteiger partial charge in [-0.05, 0) is 44.5 Å². The predicted octanol–water partition coefficient (Wildman–Crippen LogP) is 4.30. The van der Waals surface area contributed by atoms with Crippen LogP contribution in [0.15, 0.2) is 47.6 Å². The summed E-state index contributed by atoms with van der Waals surface area (Å²) < 4.78 is 0. The Hall–Kier alpha value is -2.27. The van der Waals surface area contributed by atoms with Gasteiger partial charge in [0.1, 0.15) is 0 Å². The van der Waals surface area contributed by atoms with E-state index in [9.17, 15) is 4.79 Å². The lowest BCUT2D eigenvalue weighted by Crippen LogP contribution is -2.23. The molecule has 0 bridgehead atoms. The van der Waals surface area contributed by atoms with Crippen LogP contribution >= 0.6 is 11.8 Å². The summed E-state index contributed by atoms with van der Waals surface area (Å²) in [4.78, 5) is 20.1. The van der Waals surface area contributed by atoms with Crippen LogP contribution in [0.25, 0.3) is 11.0 Å². The number of aryl methyl sites for hydroxylation is 2. The van der Waals surface area contributed by atoms with Crippen LogP contribution in [0, 0.1) is 13.8 Å². The molecule has 118 valence electrons. The molecule has 0 saturated carbocycles. The van der Waals surface area contributed by atoms with Crippen LogP contribution in [0.3, 0.4) is 0 Å². The SMILES string of the molecule is Cc1ccc(NC(=O)C(C)Sc2nc3ccccc3[nH]2)c(C)c1. The normalized spacial score (nSPS) is 12.3. The van der Waals surface area contributed by atoms with Crippen molar-refractivity contribution in [1.82, 2.24) is 9.97 Å². The van der Waals surface area contributed by atoms with Gasteiger partial charge in [-0.25, -0.2) is 4.98 Å². The van der Waals surface area contributed by atoms with Gasteiger partial charge in [0.2, 0.25) is 5.91 Å². The molecule has 23 heavy (non-hydrogen) atoms. The Bertz CT molecular complexity index is 823. The molecule has 0 radical (unpaired) electrons. The first-order chi connectivity index (χ1) is 11.0. The van der Waals surface area contributed by atoms with Gasteiger partial charge in [0.25, 0.3) is 0 Å². The van der Waals surface area contributed by atoms with Crippen LogP contribution in [0.5, 0.6) is 0 Å². The van der Waals surface area contributed by atoms with Crippen molar-refractivity contribution >= 4 is 34.4 Å². The molecule has 0 aliphatic heterocycles. The van der Waals surface area contributed by atoms with E-state index in [4.69, 9.17) is 0 Å². The van der Waals surface area contributed by atoms with Gasteiger partial charge in [0.15, 0.2) is 5.16 Å². The first kappa shape index (κ1) is 15.6. The molecule has 0 spiro atoms. The largest absolute Gasteiger partial charge is 0.333 e. The number of hydrogen-bond acceptors (Lipinski definition) is 3. The van der Waals surface area contributed by atoms with Crippen LogP contribution in [0.2, 0.25) is 0 Å². The molecule has 1 atom stereocenters. The number of aromatic amines is 1. The van der Waals surface area contributed by atoms with Gasteiger partial charge in [-0.3, -0.25) is 4.79 Å². The zero-order valence-corrected chi connectivity index (χ0v) is 14.2. The minimum Gasteiger partial charge on any atom is -0.333 e. The highest BCUT2D eigenvalue weighted by molar-refractivity contribution is 8.00. The van der Waals surface area contributed by atoms with Crippen molar-refractivity contribution in [2.75, 3.05) is 5.32 Å². The van der Waals surface area contributed by atoms with Crippen molar-refractivity contribution < 1.29 is 4.79 Å². The summed E-state index contributed by atoms with van der Waals surface area (Å²) in [5, 5.41) is 3.51. The number of carbonyl (C=O) groups excluding carboxylic acids is 1. The lowest BCUT2D eigenvalue weighted by atomic mass is 10.1. The van der Waals surface area contributed by atoms with E-state index in [1.54, 1.807) is 0 Å². The predicted molar refractivity (Wildman–Crippen MR) is 96.0 cm³/mol. The van der Waals surface area contributed by atoms with Gasteiger partial charge in [0, 0.05) is 5.69 Å². The number of anilines is 1. The van der Waals surface area contributed by atoms with Gasteiger partial charge in [-0.15, -0.1) is 0 Å².